The summed E-state index contributed by atoms with van der Waals surface area (Å²) >= 11 is 0. The summed E-state index contributed by atoms with van der Waals surface area (Å²) in [7, 11) is 0. The second kappa shape index (κ2) is 9.66. The van der Waals surface area contributed by atoms with Gasteiger partial charge >= 0.3 is 17.7 Å². The van der Waals surface area contributed by atoms with E-state index in [1.54, 1.807) is 12.1 Å². The number of ether oxygens (including phenoxy) is 2. The van der Waals surface area contributed by atoms with E-state index in [1.165, 1.54) is 6.07 Å². The number of aliphatic hydroxyl groups excluding tert-OH is 1. The van der Waals surface area contributed by atoms with Crippen molar-refractivity contribution < 1.29 is 34.4 Å². The van der Waals surface area contributed by atoms with Crippen molar-refractivity contribution in [3.05, 3.63) is 71.8 Å². The molecule has 0 aromatic heterocycles. The molecule has 4 rings (SSSR count). The van der Waals surface area contributed by atoms with E-state index in [9.17, 15) is 24.9 Å². The number of carboxylic acid groups (broad SMARTS) is 2. The lowest BCUT2D eigenvalue weighted by Gasteiger charge is -2.18. The molecule has 8 nitrogen and oxygen atoms in total. The summed E-state index contributed by atoms with van der Waals surface area (Å²) in [5.74, 6) is -6.11. The largest absolute Gasteiger partial charge is 0.475 e. The lowest BCUT2D eigenvalue weighted by Crippen LogP contribution is -2.54. The van der Waals surface area contributed by atoms with Crippen LogP contribution in [-0.4, -0.2) is 45.6 Å². The summed E-state index contributed by atoms with van der Waals surface area (Å²) in [6.07, 6.45) is -0.126. The highest BCUT2D eigenvalue weighted by Crippen LogP contribution is 2.40. The van der Waals surface area contributed by atoms with Crippen LogP contribution in [0, 0.1) is 0 Å². The summed E-state index contributed by atoms with van der Waals surface area (Å²) < 4.78 is 10.2. The summed E-state index contributed by atoms with van der Waals surface area (Å²) in [6, 6.07) is 18.6. The third-order valence-corrected chi connectivity index (χ3v) is 5.44. The van der Waals surface area contributed by atoms with Crippen LogP contribution in [-0.2, 0) is 16.0 Å². The number of hydrogen-bond acceptors (Lipinski definition) is 6. The molecule has 0 bridgehead atoms. The number of carboxylic acids is 2. The zero-order valence-electron chi connectivity index (χ0n) is 17.7. The molecule has 1 aliphatic heterocycles. The first-order valence-corrected chi connectivity index (χ1v) is 10.2. The van der Waals surface area contributed by atoms with Gasteiger partial charge < -0.3 is 30.1 Å². The van der Waals surface area contributed by atoms with Crippen LogP contribution in [0.25, 0.3) is 10.8 Å². The van der Waals surface area contributed by atoms with Gasteiger partial charge in [0.2, 0.25) is 0 Å². The fourth-order valence-corrected chi connectivity index (χ4v) is 3.71. The number of carbonyl (C=O) groups is 2. The van der Waals surface area contributed by atoms with Gasteiger partial charge in [-0.15, -0.1) is 12.4 Å². The highest BCUT2D eigenvalue weighted by Gasteiger charge is 2.57. The van der Waals surface area contributed by atoms with E-state index in [-0.39, 0.29) is 29.9 Å². The Bertz CT molecular complexity index is 1170. The highest BCUT2D eigenvalue weighted by molar-refractivity contribution is 6.01. The molecule has 2 atom stereocenters. The summed E-state index contributed by atoms with van der Waals surface area (Å²) in [5.41, 5.74) is 1.63. The van der Waals surface area contributed by atoms with E-state index in [0.717, 1.165) is 21.9 Å². The Morgan fingerprint density at radius 1 is 0.939 bits per heavy atom. The Kier molecular flexibility index (Phi) is 7.12. The van der Waals surface area contributed by atoms with Gasteiger partial charge in [-0.05, 0) is 53.4 Å². The molecular formula is C24H24ClNO7. The lowest BCUT2D eigenvalue weighted by atomic mass is 10.0. The predicted octanol–water partition coefficient (Wildman–Crippen LogP) is 3.15. The maximum absolute atomic E-state index is 11.4. The van der Waals surface area contributed by atoms with E-state index in [4.69, 9.17) is 9.47 Å². The van der Waals surface area contributed by atoms with Crippen LogP contribution >= 0.6 is 12.4 Å². The predicted molar refractivity (Wildman–Crippen MR) is 123 cm³/mol. The van der Waals surface area contributed by atoms with Crippen molar-refractivity contribution >= 4 is 35.1 Å². The first kappa shape index (κ1) is 24.3. The Hall–Kier alpha value is -3.33. The highest BCUT2D eigenvalue weighted by atomic mass is 35.5. The lowest BCUT2D eigenvalue weighted by molar-refractivity contribution is -0.194. The van der Waals surface area contributed by atoms with Gasteiger partial charge in [0.1, 0.15) is 0 Å². The molecule has 174 valence electrons. The molecule has 3 aromatic carbocycles. The summed E-state index contributed by atoms with van der Waals surface area (Å²) in [6.45, 7) is 2.31. The Balaban J connectivity index is 0.00000306. The molecule has 0 fully saturated rings. The van der Waals surface area contributed by atoms with Gasteiger partial charge in [-0.25, -0.2) is 9.59 Å². The van der Waals surface area contributed by atoms with Crippen molar-refractivity contribution in [1.82, 2.24) is 5.32 Å². The normalized spacial score (nSPS) is 15.5. The molecule has 0 radical (unpaired) electrons. The maximum Gasteiger partial charge on any atom is 0.453 e. The first-order chi connectivity index (χ1) is 15.3. The van der Waals surface area contributed by atoms with Crippen LogP contribution in [0.15, 0.2) is 60.7 Å². The molecule has 1 aliphatic rings. The minimum absolute atomic E-state index is 0. The van der Waals surface area contributed by atoms with Crippen LogP contribution in [0.1, 0.15) is 24.2 Å². The average molecular weight is 474 g/mol. The molecule has 3 aromatic rings. The van der Waals surface area contributed by atoms with Crippen molar-refractivity contribution in [2.24, 2.45) is 0 Å². The van der Waals surface area contributed by atoms with E-state index < -0.39 is 23.8 Å². The number of benzene rings is 3. The molecule has 0 saturated heterocycles. The SMILES string of the molecule is C[C@@H](Cc1ccc2c(c1)OC(C(=O)O)(C(=O)O)O2)NC[C@H](O)c1ccc2ccccc2c1.Cl. The minimum Gasteiger partial charge on any atom is -0.475 e. The standard InChI is InChI=1S/C24H23NO7.ClH/c1-14(25-13-19(26)18-8-7-16-4-2-3-5-17(16)12-18)10-15-6-9-20-21(11-15)32-24(31-20,22(27)28)23(29)30;/h2-9,11-12,14,19,25-26H,10,13H2,1H3,(H,27,28)(H,29,30);1H/t14-,19-;/m0./s1. The molecule has 9 heteroatoms. The molecular weight excluding hydrogens is 450 g/mol. The van der Waals surface area contributed by atoms with Crippen LogP contribution in [0.2, 0.25) is 0 Å². The number of rotatable bonds is 8. The first-order valence-electron chi connectivity index (χ1n) is 10.2. The van der Waals surface area contributed by atoms with Crippen molar-refractivity contribution in [2.75, 3.05) is 6.54 Å². The molecule has 1 heterocycles. The summed E-state index contributed by atoms with van der Waals surface area (Å²) in [4.78, 5) is 22.7. The Labute approximate surface area is 196 Å². The van der Waals surface area contributed by atoms with E-state index in [0.29, 0.717) is 13.0 Å². The van der Waals surface area contributed by atoms with Gasteiger partial charge in [0.25, 0.3) is 0 Å². The van der Waals surface area contributed by atoms with E-state index in [2.05, 4.69) is 5.32 Å². The second-order valence-corrected chi connectivity index (χ2v) is 7.85. The van der Waals surface area contributed by atoms with E-state index >= 15 is 0 Å². The van der Waals surface area contributed by atoms with Gasteiger partial charge in [-0.3, -0.25) is 0 Å². The molecule has 0 spiro atoms. The third kappa shape index (κ3) is 4.88. The van der Waals surface area contributed by atoms with Crippen LogP contribution in [0.3, 0.4) is 0 Å². The summed E-state index contributed by atoms with van der Waals surface area (Å²) in [5, 5.41) is 34.5. The number of nitrogens with one attached hydrogen (secondary N) is 1. The smallest absolute Gasteiger partial charge is 0.453 e. The molecule has 0 saturated carbocycles. The van der Waals surface area contributed by atoms with E-state index in [1.807, 2.05) is 49.4 Å². The van der Waals surface area contributed by atoms with Crippen molar-refractivity contribution in [2.45, 2.75) is 31.3 Å². The molecule has 0 aliphatic carbocycles. The Morgan fingerprint density at radius 3 is 2.30 bits per heavy atom. The fourth-order valence-electron chi connectivity index (χ4n) is 3.71. The zero-order chi connectivity index (χ0) is 22.9. The van der Waals surface area contributed by atoms with Gasteiger partial charge in [0.15, 0.2) is 11.5 Å². The van der Waals surface area contributed by atoms with Gasteiger partial charge in [-0.2, -0.15) is 0 Å². The van der Waals surface area contributed by atoms with Gasteiger partial charge in [0.05, 0.1) is 6.10 Å². The molecule has 33 heavy (non-hydrogen) atoms. The monoisotopic (exact) mass is 473 g/mol. The molecule has 0 amide bonds. The van der Waals surface area contributed by atoms with Gasteiger partial charge in [0, 0.05) is 12.6 Å². The topological polar surface area (TPSA) is 125 Å². The van der Waals surface area contributed by atoms with Gasteiger partial charge in [-0.1, -0.05) is 42.5 Å². The van der Waals surface area contributed by atoms with Crippen molar-refractivity contribution in [3.63, 3.8) is 0 Å². The number of aliphatic hydroxyl groups is 1. The zero-order valence-corrected chi connectivity index (χ0v) is 18.5. The maximum atomic E-state index is 11.4. The fraction of sp³-hybridized carbons (Fsp3) is 0.250. The number of halogens is 1. The van der Waals surface area contributed by atoms with Crippen LogP contribution in [0.5, 0.6) is 11.5 Å². The molecule has 4 N–H and O–H groups in total. The number of fused-ring (bicyclic) bond motifs is 2. The van der Waals surface area contributed by atoms with Crippen LogP contribution in [0.4, 0.5) is 0 Å². The quantitative estimate of drug-likeness (QED) is 0.368. The second-order valence-electron chi connectivity index (χ2n) is 7.85. The number of aliphatic carboxylic acids is 2. The average Bonchev–Trinajstić information content (AvgIpc) is 3.18. The van der Waals surface area contributed by atoms with Crippen molar-refractivity contribution in [3.8, 4) is 11.5 Å². The van der Waals surface area contributed by atoms with Crippen molar-refractivity contribution in [1.29, 1.82) is 0 Å². The van der Waals surface area contributed by atoms with Crippen LogP contribution < -0.4 is 14.8 Å². The minimum atomic E-state index is -2.77. The third-order valence-electron chi connectivity index (χ3n) is 5.44. The Morgan fingerprint density at radius 2 is 1.61 bits per heavy atom. The number of hydrogen-bond donors (Lipinski definition) is 4. The molecule has 0 unspecified atom stereocenters.